The van der Waals surface area contributed by atoms with Gasteiger partial charge in [0, 0.05) is 11.6 Å². The summed E-state index contributed by atoms with van der Waals surface area (Å²) in [5, 5.41) is 13.5. The Morgan fingerprint density at radius 2 is 2.00 bits per heavy atom. The zero-order valence-electron chi connectivity index (χ0n) is 12.1. The Bertz CT molecular complexity index is 679. The van der Waals surface area contributed by atoms with Crippen molar-refractivity contribution in [2.24, 2.45) is 0 Å². The molecule has 1 unspecified atom stereocenters. The lowest BCUT2D eigenvalue weighted by molar-refractivity contribution is -0.144. The topological polar surface area (TPSA) is 79.3 Å². The second kappa shape index (κ2) is 5.91. The highest BCUT2D eigenvalue weighted by Crippen LogP contribution is 2.18. The first-order chi connectivity index (χ1) is 9.98. The Balaban J connectivity index is 2.36. The fraction of sp³-hybridized carbons (Fsp3) is 0.312. The van der Waals surface area contributed by atoms with Crippen molar-refractivity contribution >= 4 is 22.6 Å². The van der Waals surface area contributed by atoms with Gasteiger partial charge in [0.25, 0.3) is 5.91 Å². The van der Waals surface area contributed by atoms with Gasteiger partial charge in [0.2, 0.25) is 0 Å². The van der Waals surface area contributed by atoms with Gasteiger partial charge in [-0.05, 0) is 24.8 Å². The first-order valence-corrected chi connectivity index (χ1v) is 6.87. The minimum Gasteiger partial charge on any atom is -0.480 e. The maximum Gasteiger partial charge on any atom is 0.329 e. The van der Waals surface area contributed by atoms with Gasteiger partial charge < -0.3 is 10.4 Å². The van der Waals surface area contributed by atoms with Crippen molar-refractivity contribution in [2.45, 2.75) is 32.2 Å². The maximum atomic E-state index is 12.4. The lowest BCUT2D eigenvalue weighted by Gasteiger charge is -2.25. The van der Waals surface area contributed by atoms with Crippen molar-refractivity contribution < 1.29 is 14.7 Å². The van der Waals surface area contributed by atoms with E-state index in [0.29, 0.717) is 18.2 Å². The third-order valence-corrected chi connectivity index (χ3v) is 3.50. The van der Waals surface area contributed by atoms with E-state index < -0.39 is 17.4 Å². The molecule has 0 aliphatic rings. The van der Waals surface area contributed by atoms with E-state index in [-0.39, 0.29) is 5.69 Å². The summed E-state index contributed by atoms with van der Waals surface area (Å²) in [6, 6.07) is 9.20. The second-order valence-electron chi connectivity index (χ2n) is 5.22. The molecular formula is C16H18N2O3. The molecule has 0 saturated carbocycles. The van der Waals surface area contributed by atoms with Crippen LogP contribution in [0.5, 0.6) is 0 Å². The predicted octanol–water partition coefficient (Wildman–Crippen LogP) is 2.61. The van der Waals surface area contributed by atoms with Gasteiger partial charge in [-0.15, -0.1) is 0 Å². The third-order valence-electron chi connectivity index (χ3n) is 3.50. The molecule has 0 radical (unpaired) electrons. The van der Waals surface area contributed by atoms with E-state index in [1.807, 2.05) is 31.2 Å². The first kappa shape index (κ1) is 15.0. The van der Waals surface area contributed by atoms with Crippen molar-refractivity contribution in [3.63, 3.8) is 0 Å². The smallest absolute Gasteiger partial charge is 0.329 e. The van der Waals surface area contributed by atoms with Crippen LogP contribution in [0.4, 0.5) is 0 Å². The number of amides is 1. The van der Waals surface area contributed by atoms with Gasteiger partial charge in [-0.25, -0.2) is 4.79 Å². The number of carboxylic acids is 1. The van der Waals surface area contributed by atoms with Crippen LogP contribution in [0.15, 0.2) is 36.5 Å². The highest BCUT2D eigenvalue weighted by atomic mass is 16.4. The number of fused-ring (bicyclic) bond motifs is 1. The fourth-order valence-corrected chi connectivity index (χ4v) is 2.33. The molecule has 0 fully saturated rings. The van der Waals surface area contributed by atoms with Gasteiger partial charge >= 0.3 is 5.97 Å². The standard InChI is InChI=1S/C16H18N2O3/c1-3-9-16(2,15(20)21)18-14(19)13-12-7-5-4-6-11(12)8-10-17-13/h4-8,10H,3,9H2,1-2H3,(H,18,19)(H,20,21). The Kier molecular flexibility index (Phi) is 4.21. The number of hydrogen-bond donors (Lipinski definition) is 2. The molecule has 1 atom stereocenters. The lowest BCUT2D eigenvalue weighted by atomic mass is 9.96. The van der Waals surface area contributed by atoms with Gasteiger partial charge in [0.05, 0.1) is 0 Å². The molecule has 110 valence electrons. The van der Waals surface area contributed by atoms with E-state index in [0.717, 1.165) is 5.39 Å². The minimum atomic E-state index is -1.29. The van der Waals surface area contributed by atoms with Crippen molar-refractivity contribution in [1.29, 1.82) is 0 Å². The summed E-state index contributed by atoms with van der Waals surface area (Å²) < 4.78 is 0. The number of nitrogens with one attached hydrogen (secondary N) is 1. The second-order valence-corrected chi connectivity index (χ2v) is 5.22. The number of carboxylic acid groups (broad SMARTS) is 1. The van der Waals surface area contributed by atoms with Crippen LogP contribution in [0, 0.1) is 0 Å². The molecule has 5 nitrogen and oxygen atoms in total. The summed E-state index contributed by atoms with van der Waals surface area (Å²) in [6.45, 7) is 3.39. The SMILES string of the molecule is CCCC(C)(NC(=O)c1nccc2ccccc12)C(=O)O. The summed E-state index contributed by atoms with van der Waals surface area (Å²) in [7, 11) is 0. The molecule has 2 aromatic rings. The molecule has 0 aliphatic heterocycles. The third kappa shape index (κ3) is 3.02. The van der Waals surface area contributed by atoms with E-state index in [9.17, 15) is 14.7 Å². The number of carbonyl (C=O) groups excluding carboxylic acids is 1. The molecule has 2 N–H and O–H groups in total. The molecule has 1 aromatic heterocycles. The van der Waals surface area contributed by atoms with Gasteiger partial charge in [0.15, 0.2) is 0 Å². The highest BCUT2D eigenvalue weighted by molar-refractivity contribution is 6.06. The first-order valence-electron chi connectivity index (χ1n) is 6.87. The van der Waals surface area contributed by atoms with Gasteiger partial charge in [-0.3, -0.25) is 9.78 Å². The molecule has 1 aromatic carbocycles. The van der Waals surface area contributed by atoms with E-state index in [4.69, 9.17) is 0 Å². The van der Waals surface area contributed by atoms with Gasteiger partial charge in [-0.1, -0.05) is 37.6 Å². The number of aromatic nitrogens is 1. The van der Waals surface area contributed by atoms with Crippen LogP contribution < -0.4 is 5.32 Å². The zero-order chi connectivity index (χ0) is 15.5. The van der Waals surface area contributed by atoms with E-state index in [1.54, 1.807) is 12.3 Å². The lowest BCUT2D eigenvalue weighted by Crippen LogP contribution is -2.52. The molecule has 21 heavy (non-hydrogen) atoms. The van der Waals surface area contributed by atoms with Crippen molar-refractivity contribution in [1.82, 2.24) is 10.3 Å². The zero-order valence-corrected chi connectivity index (χ0v) is 12.1. The number of aliphatic carboxylic acids is 1. The maximum absolute atomic E-state index is 12.4. The average Bonchev–Trinajstić information content (AvgIpc) is 2.46. The molecule has 5 heteroatoms. The normalized spacial score (nSPS) is 13.6. The van der Waals surface area contributed by atoms with Crippen molar-refractivity contribution in [3.8, 4) is 0 Å². The van der Waals surface area contributed by atoms with E-state index >= 15 is 0 Å². The molecule has 0 saturated heterocycles. The largest absolute Gasteiger partial charge is 0.480 e. The van der Waals surface area contributed by atoms with Crippen LogP contribution in [0.2, 0.25) is 0 Å². The summed E-state index contributed by atoms with van der Waals surface area (Å²) in [5.74, 6) is -1.51. The number of benzene rings is 1. The van der Waals surface area contributed by atoms with Crippen LogP contribution >= 0.6 is 0 Å². The predicted molar refractivity (Wildman–Crippen MR) is 80.2 cm³/mol. The van der Waals surface area contributed by atoms with Gasteiger partial charge in [-0.2, -0.15) is 0 Å². The average molecular weight is 286 g/mol. The van der Waals surface area contributed by atoms with Crippen LogP contribution in [0.1, 0.15) is 37.2 Å². The van der Waals surface area contributed by atoms with Crippen LogP contribution in [0.25, 0.3) is 10.8 Å². The highest BCUT2D eigenvalue weighted by Gasteiger charge is 2.34. The Morgan fingerprint density at radius 1 is 1.29 bits per heavy atom. The number of rotatable bonds is 5. The van der Waals surface area contributed by atoms with Crippen molar-refractivity contribution in [3.05, 3.63) is 42.2 Å². The quantitative estimate of drug-likeness (QED) is 0.885. The molecule has 0 bridgehead atoms. The molecule has 0 spiro atoms. The minimum absolute atomic E-state index is 0.247. The molecule has 2 rings (SSSR count). The number of carbonyl (C=O) groups is 2. The molecular weight excluding hydrogens is 268 g/mol. The summed E-state index contributed by atoms with van der Waals surface area (Å²) in [6.07, 6.45) is 2.57. The monoisotopic (exact) mass is 286 g/mol. The van der Waals surface area contributed by atoms with E-state index in [1.165, 1.54) is 6.92 Å². The molecule has 1 amide bonds. The Labute approximate surface area is 123 Å². The fourth-order valence-electron chi connectivity index (χ4n) is 2.33. The van der Waals surface area contributed by atoms with E-state index in [2.05, 4.69) is 10.3 Å². The number of pyridine rings is 1. The van der Waals surface area contributed by atoms with Crippen LogP contribution in [-0.2, 0) is 4.79 Å². The summed E-state index contributed by atoms with van der Waals surface area (Å²) in [4.78, 5) is 27.9. The Hall–Kier alpha value is -2.43. The number of hydrogen-bond acceptors (Lipinski definition) is 3. The summed E-state index contributed by atoms with van der Waals surface area (Å²) >= 11 is 0. The van der Waals surface area contributed by atoms with Crippen LogP contribution in [-0.4, -0.2) is 27.5 Å². The van der Waals surface area contributed by atoms with Gasteiger partial charge in [0.1, 0.15) is 11.2 Å². The molecule has 0 aliphatic carbocycles. The van der Waals surface area contributed by atoms with Crippen LogP contribution in [0.3, 0.4) is 0 Å². The Morgan fingerprint density at radius 3 is 2.67 bits per heavy atom. The van der Waals surface area contributed by atoms with Crippen molar-refractivity contribution in [2.75, 3.05) is 0 Å². The molecule has 1 heterocycles. The number of nitrogens with zero attached hydrogens (tertiary/aromatic N) is 1. The summed E-state index contributed by atoms with van der Waals surface area (Å²) in [5.41, 5.74) is -1.04.